The van der Waals surface area contributed by atoms with Crippen LogP contribution in [0, 0.1) is 6.92 Å². The van der Waals surface area contributed by atoms with Gasteiger partial charge >= 0.3 is 6.03 Å². The third kappa shape index (κ3) is 5.38. The summed E-state index contributed by atoms with van der Waals surface area (Å²) in [5.41, 5.74) is 4.52. The third-order valence-corrected chi connectivity index (χ3v) is 4.67. The molecule has 0 bridgehead atoms. The molecule has 0 aliphatic carbocycles. The maximum absolute atomic E-state index is 12.9. The minimum Gasteiger partial charge on any atom is -0.377 e. The van der Waals surface area contributed by atoms with E-state index in [9.17, 15) is 9.59 Å². The molecule has 3 aromatic carbocycles. The smallest absolute Gasteiger partial charge is 0.323 e. The fourth-order valence-electron chi connectivity index (χ4n) is 3.06. The molecule has 3 rings (SSSR count). The Morgan fingerprint density at radius 3 is 2.27 bits per heavy atom. The number of carbonyl (C=O) groups excluding carboxylic acids is 2. The fourth-order valence-corrected chi connectivity index (χ4v) is 3.06. The van der Waals surface area contributed by atoms with Gasteiger partial charge in [-0.2, -0.15) is 0 Å². The second kappa shape index (κ2) is 9.60. The number of hydrogen-bond donors (Lipinski definition) is 3. The molecule has 154 valence electrons. The number of nitrogens with one attached hydrogen (secondary N) is 3. The zero-order valence-corrected chi connectivity index (χ0v) is 17.4. The number of rotatable bonds is 6. The van der Waals surface area contributed by atoms with Crippen LogP contribution in [0.4, 0.5) is 21.9 Å². The Hall–Kier alpha value is -3.80. The molecular weight excluding hydrogens is 376 g/mol. The van der Waals surface area contributed by atoms with Gasteiger partial charge in [-0.1, -0.05) is 48.5 Å². The first-order valence-corrected chi connectivity index (χ1v) is 9.71. The van der Waals surface area contributed by atoms with Crippen LogP contribution in [-0.4, -0.2) is 26.0 Å². The number of anilines is 3. The van der Waals surface area contributed by atoms with Crippen LogP contribution in [0.15, 0.2) is 72.8 Å². The van der Waals surface area contributed by atoms with Gasteiger partial charge in [0, 0.05) is 37.7 Å². The molecule has 0 aromatic heterocycles. The number of carbonyl (C=O) groups is 2. The molecule has 0 saturated heterocycles. The molecule has 3 N–H and O–H groups in total. The number of urea groups is 1. The van der Waals surface area contributed by atoms with Gasteiger partial charge in [0.1, 0.15) is 0 Å². The Balaban J connectivity index is 1.74. The van der Waals surface area contributed by atoms with Gasteiger partial charge in [-0.25, -0.2) is 4.79 Å². The minimum absolute atomic E-state index is 0.203. The predicted octanol–water partition coefficient (Wildman–Crippen LogP) is 4.64. The van der Waals surface area contributed by atoms with Gasteiger partial charge in [-0.3, -0.25) is 4.79 Å². The summed E-state index contributed by atoms with van der Waals surface area (Å²) < 4.78 is 0. The topological polar surface area (TPSA) is 73.5 Å². The van der Waals surface area contributed by atoms with Gasteiger partial charge in [-0.05, 0) is 42.3 Å². The quantitative estimate of drug-likeness (QED) is 0.563. The normalized spacial score (nSPS) is 10.2. The monoisotopic (exact) mass is 402 g/mol. The lowest BCUT2D eigenvalue weighted by Gasteiger charge is -2.19. The van der Waals surface area contributed by atoms with Gasteiger partial charge in [0.05, 0.1) is 5.56 Å². The predicted molar refractivity (Wildman–Crippen MR) is 122 cm³/mol. The molecule has 0 aliphatic rings. The van der Waals surface area contributed by atoms with Crippen molar-refractivity contribution in [3.8, 4) is 0 Å². The van der Waals surface area contributed by atoms with E-state index in [-0.39, 0.29) is 11.9 Å². The summed E-state index contributed by atoms with van der Waals surface area (Å²) in [6.07, 6.45) is 0. The highest BCUT2D eigenvalue weighted by molar-refractivity contribution is 6.04. The summed E-state index contributed by atoms with van der Waals surface area (Å²) in [7, 11) is 3.75. The van der Waals surface area contributed by atoms with Crippen molar-refractivity contribution >= 4 is 29.0 Å². The van der Waals surface area contributed by atoms with Crippen LogP contribution in [0.25, 0.3) is 0 Å². The maximum atomic E-state index is 12.9. The SMILES string of the molecule is Cc1ccccc1NC(=O)Nc1ccc(N(C)C)c(C(=O)NCc2ccccc2)c1. The summed E-state index contributed by atoms with van der Waals surface area (Å²) in [6, 6.07) is 22.2. The summed E-state index contributed by atoms with van der Waals surface area (Å²) in [5.74, 6) is -0.203. The lowest BCUT2D eigenvalue weighted by molar-refractivity contribution is 0.0951. The maximum Gasteiger partial charge on any atom is 0.323 e. The largest absolute Gasteiger partial charge is 0.377 e. The molecule has 6 nitrogen and oxygen atoms in total. The first kappa shape index (κ1) is 20.9. The molecule has 3 aromatic rings. The van der Waals surface area contributed by atoms with Crippen LogP contribution in [0.1, 0.15) is 21.5 Å². The van der Waals surface area contributed by atoms with E-state index in [2.05, 4.69) is 16.0 Å². The zero-order chi connectivity index (χ0) is 21.5. The van der Waals surface area contributed by atoms with E-state index in [4.69, 9.17) is 0 Å². The van der Waals surface area contributed by atoms with Crippen molar-refractivity contribution in [1.82, 2.24) is 5.32 Å². The average molecular weight is 402 g/mol. The van der Waals surface area contributed by atoms with Crippen molar-refractivity contribution < 1.29 is 9.59 Å². The van der Waals surface area contributed by atoms with Gasteiger partial charge in [0.15, 0.2) is 0 Å². The Morgan fingerprint density at radius 1 is 0.867 bits per heavy atom. The molecule has 0 unspecified atom stereocenters. The van der Waals surface area contributed by atoms with Crippen LogP contribution < -0.4 is 20.9 Å². The molecule has 0 spiro atoms. The molecule has 0 radical (unpaired) electrons. The van der Waals surface area contributed by atoms with Crippen molar-refractivity contribution in [2.24, 2.45) is 0 Å². The Labute approximate surface area is 176 Å². The number of nitrogens with zero attached hydrogens (tertiary/aromatic N) is 1. The Morgan fingerprint density at radius 2 is 1.57 bits per heavy atom. The fraction of sp³-hybridized carbons (Fsp3) is 0.167. The van der Waals surface area contributed by atoms with E-state index in [0.717, 1.165) is 22.5 Å². The molecular formula is C24H26N4O2. The lowest BCUT2D eigenvalue weighted by Crippen LogP contribution is -2.26. The number of hydrogen-bond acceptors (Lipinski definition) is 3. The number of para-hydroxylation sites is 1. The molecule has 6 heteroatoms. The minimum atomic E-state index is -0.363. The Bertz CT molecular complexity index is 1030. The van der Waals surface area contributed by atoms with Crippen LogP contribution >= 0.6 is 0 Å². The lowest BCUT2D eigenvalue weighted by atomic mass is 10.1. The van der Waals surface area contributed by atoms with Gasteiger partial charge in [-0.15, -0.1) is 0 Å². The molecule has 0 fully saturated rings. The first-order chi connectivity index (χ1) is 14.4. The summed E-state index contributed by atoms with van der Waals surface area (Å²) in [6.45, 7) is 2.36. The van der Waals surface area contributed by atoms with Crippen molar-refractivity contribution in [1.29, 1.82) is 0 Å². The highest BCUT2D eigenvalue weighted by Crippen LogP contribution is 2.23. The van der Waals surface area contributed by atoms with Crippen LogP contribution in [0.2, 0.25) is 0 Å². The molecule has 3 amide bonds. The molecule has 30 heavy (non-hydrogen) atoms. The zero-order valence-electron chi connectivity index (χ0n) is 17.4. The van der Waals surface area contributed by atoms with Crippen LogP contribution in [-0.2, 0) is 6.54 Å². The molecule has 0 heterocycles. The van der Waals surface area contributed by atoms with E-state index >= 15 is 0 Å². The van der Waals surface area contributed by atoms with Gasteiger partial charge < -0.3 is 20.9 Å². The van der Waals surface area contributed by atoms with E-state index in [1.54, 1.807) is 12.1 Å². The first-order valence-electron chi connectivity index (χ1n) is 9.71. The molecule has 0 saturated carbocycles. The summed E-state index contributed by atoms with van der Waals surface area (Å²) >= 11 is 0. The summed E-state index contributed by atoms with van der Waals surface area (Å²) in [4.78, 5) is 27.1. The molecule has 0 aliphatic heterocycles. The van der Waals surface area contributed by atoms with Crippen molar-refractivity contribution in [2.45, 2.75) is 13.5 Å². The van der Waals surface area contributed by atoms with Crippen LogP contribution in [0.3, 0.4) is 0 Å². The molecule has 0 atom stereocenters. The van der Waals surface area contributed by atoms with Crippen molar-refractivity contribution in [2.75, 3.05) is 29.6 Å². The third-order valence-electron chi connectivity index (χ3n) is 4.67. The van der Waals surface area contributed by atoms with E-state index in [0.29, 0.717) is 17.8 Å². The Kier molecular flexibility index (Phi) is 6.70. The number of benzene rings is 3. The van der Waals surface area contributed by atoms with E-state index < -0.39 is 0 Å². The highest BCUT2D eigenvalue weighted by Gasteiger charge is 2.15. The average Bonchev–Trinajstić information content (AvgIpc) is 2.74. The van der Waals surface area contributed by atoms with E-state index in [1.807, 2.05) is 86.6 Å². The van der Waals surface area contributed by atoms with Gasteiger partial charge in [0.25, 0.3) is 5.91 Å². The summed E-state index contributed by atoms with van der Waals surface area (Å²) in [5, 5.41) is 8.58. The second-order valence-corrected chi connectivity index (χ2v) is 7.19. The highest BCUT2D eigenvalue weighted by atomic mass is 16.2. The standard InChI is InChI=1S/C24H26N4O2/c1-17-9-7-8-12-21(17)27-24(30)26-19-13-14-22(28(2)3)20(15-19)23(29)25-16-18-10-5-4-6-11-18/h4-15H,16H2,1-3H3,(H,25,29)(H2,26,27,30). The number of amides is 3. The second-order valence-electron chi connectivity index (χ2n) is 7.19. The van der Waals surface area contributed by atoms with Crippen LogP contribution in [0.5, 0.6) is 0 Å². The number of aryl methyl sites for hydroxylation is 1. The van der Waals surface area contributed by atoms with E-state index in [1.165, 1.54) is 0 Å². The van der Waals surface area contributed by atoms with Crippen molar-refractivity contribution in [3.63, 3.8) is 0 Å². The van der Waals surface area contributed by atoms with Crippen molar-refractivity contribution in [3.05, 3.63) is 89.5 Å². The van der Waals surface area contributed by atoms with Gasteiger partial charge in [0.2, 0.25) is 0 Å².